The second-order valence-electron chi connectivity index (χ2n) is 5.86. The number of carboxylic acids is 1. The van der Waals surface area contributed by atoms with Gasteiger partial charge in [0.1, 0.15) is 6.04 Å². The summed E-state index contributed by atoms with van der Waals surface area (Å²) in [5, 5.41) is 18.9. The number of hydrogen-bond donors (Lipinski definition) is 2. The van der Waals surface area contributed by atoms with Crippen molar-refractivity contribution in [1.29, 1.82) is 0 Å². The minimum atomic E-state index is -0.930. The molecule has 2 saturated heterocycles. The third-order valence-corrected chi connectivity index (χ3v) is 5.67. The number of hydrogen-bond acceptors (Lipinski definition) is 4. The van der Waals surface area contributed by atoms with E-state index in [0.717, 1.165) is 19.3 Å². The van der Waals surface area contributed by atoms with Gasteiger partial charge in [-0.1, -0.05) is 13.3 Å². The molecule has 4 unspecified atom stereocenters. The first-order chi connectivity index (χ1) is 9.95. The van der Waals surface area contributed by atoms with E-state index < -0.39 is 18.1 Å². The van der Waals surface area contributed by atoms with Crippen LogP contribution in [0.1, 0.15) is 33.1 Å². The van der Waals surface area contributed by atoms with Gasteiger partial charge in [-0.3, -0.25) is 4.90 Å². The number of rotatable bonds is 4. The first-order valence-electron chi connectivity index (χ1n) is 7.55. The van der Waals surface area contributed by atoms with Crippen LogP contribution < -0.4 is 0 Å². The molecule has 2 aliphatic rings. The molecule has 0 aromatic heterocycles. The minimum absolute atomic E-state index is 0.0470. The molecule has 7 heteroatoms. The SMILES string of the molecule is CCCC1SCC(C(=O)O)N1C(=O)N1CCC(C(C)O)C1. The van der Waals surface area contributed by atoms with E-state index in [1.54, 1.807) is 28.5 Å². The zero-order valence-corrected chi connectivity index (χ0v) is 13.4. The van der Waals surface area contributed by atoms with Gasteiger partial charge in [-0.05, 0) is 19.8 Å². The molecule has 0 aromatic carbocycles. The summed E-state index contributed by atoms with van der Waals surface area (Å²) in [5.41, 5.74) is 0. The smallest absolute Gasteiger partial charge is 0.327 e. The molecule has 0 spiro atoms. The summed E-state index contributed by atoms with van der Waals surface area (Å²) in [6.07, 6.45) is 2.08. The van der Waals surface area contributed by atoms with Crippen LogP contribution in [0.3, 0.4) is 0 Å². The molecule has 0 saturated carbocycles. The highest BCUT2D eigenvalue weighted by molar-refractivity contribution is 8.00. The lowest BCUT2D eigenvalue weighted by Crippen LogP contribution is -2.51. The van der Waals surface area contributed by atoms with Crippen LogP contribution in [-0.4, -0.2) is 68.4 Å². The molecule has 2 rings (SSSR count). The monoisotopic (exact) mass is 316 g/mol. The van der Waals surface area contributed by atoms with Crippen LogP contribution in [0.15, 0.2) is 0 Å². The molecule has 0 aromatic rings. The zero-order chi connectivity index (χ0) is 15.6. The minimum Gasteiger partial charge on any atom is -0.480 e. The molecule has 2 aliphatic heterocycles. The van der Waals surface area contributed by atoms with Crippen molar-refractivity contribution in [2.45, 2.75) is 50.6 Å². The van der Waals surface area contributed by atoms with Crippen molar-refractivity contribution in [3.05, 3.63) is 0 Å². The summed E-state index contributed by atoms with van der Waals surface area (Å²) >= 11 is 1.55. The summed E-state index contributed by atoms with van der Waals surface area (Å²) in [6.45, 7) is 4.89. The van der Waals surface area contributed by atoms with Crippen molar-refractivity contribution in [2.24, 2.45) is 5.92 Å². The van der Waals surface area contributed by atoms with Crippen LogP contribution in [-0.2, 0) is 4.79 Å². The van der Waals surface area contributed by atoms with Crippen LogP contribution in [0.25, 0.3) is 0 Å². The quantitative estimate of drug-likeness (QED) is 0.820. The maximum Gasteiger partial charge on any atom is 0.327 e. The Labute approximate surface area is 129 Å². The Kier molecular flexibility index (Phi) is 5.37. The second-order valence-corrected chi connectivity index (χ2v) is 7.07. The van der Waals surface area contributed by atoms with E-state index in [4.69, 9.17) is 0 Å². The Morgan fingerprint density at radius 2 is 2.14 bits per heavy atom. The van der Waals surface area contributed by atoms with Crippen LogP contribution >= 0.6 is 11.8 Å². The van der Waals surface area contributed by atoms with Crippen molar-refractivity contribution in [1.82, 2.24) is 9.80 Å². The molecule has 2 amide bonds. The van der Waals surface area contributed by atoms with Gasteiger partial charge in [0.25, 0.3) is 0 Å². The van der Waals surface area contributed by atoms with Gasteiger partial charge in [-0.25, -0.2) is 9.59 Å². The van der Waals surface area contributed by atoms with Gasteiger partial charge in [-0.2, -0.15) is 0 Å². The molecule has 4 atom stereocenters. The summed E-state index contributed by atoms with van der Waals surface area (Å²) in [6, 6.07) is -0.918. The number of urea groups is 1. The lowest BCUT2D eigenvalue weighted by Gasteiger charge is -2.31. The topological polar surface area (TPSA) is 81.1 Å². The van der Waals surface area contributed by atoms with Gasteiger partial charge in [0.2, 0.25) is 0 Å². The molecule has 21 heavy (non-hydrogen) atoms. The number of aliphatic hydroxyl groups is 1. The van der Waals surface area contributed by atoms with E-state index in [1.165, 1.54) is 0 Å². The van der Waals surface area contributed by atoms with Crippen molar-refractivity contribution in [3.8, 4) is 0 Å². The molecular formula is C14H24N2O4S. The maximum absolute atomic E-state index is 12.7. The van der Waals surface area contributed by atoms with E-state index in [9.17, 15) is 19.8 Å². The number of amides is 2. The van der Waals surface area contributed by atoms with Gasteiger partial charge in [0, 0.05) is 24.8 Å². The van der Waals surface area contributed by atoms with Crippen molar-refractivity contribution in [3.63, 3.8) is 0 Å². The van der Waals surface area contributed by atoms with Crippen LogP contribution in [0, 0.1) is 5.92 Å². The lowest BCUT2D eigenvalue weighted by molar-refractivity contribution is -0.141. The van der Waals surface area contributed by atoms with E-state index in [0.29, 0.717) is 18.8 Å². The van der Waals surface area contributed by atoms with Gasteiger partial charge in [-0.15, -0.1) is 11.8 Å². The van der Waals surface area contributed by atoms with Crippen molar-refractivity contribution >= 4 is 23.8 Å². The average Bonchev–Trinajstić information content (AvgIpc) is 3.05. The largest absolute Gasteiger partial charge is 0.480 e. The molecule has 2 fully saturated rings. The summed E-state index contributed by atoms with van der Waals surface area (Å²) < 4.78 is 0. The van der Waals surface area contributed by atoms with E-state index in [1.807, 2.05) is 6.92 Å². The molecule has 0 aliphatic carbocycles. The first kappa shape index (κ1) is 16.4. The highest BCUT2D eigenvalue weighted by Gasteiger charge is 2.44. The Morgan fingerprint density at radius 3 is 2.67 bits per heavy atom. The van der Waals surface area contributed by atoms with Gasteiger partial charge in [0.15, 0.2) is 0 Å². The standard InChI is InChI=1S/C14H24N2O4S/c1-3-4-12-16(11(8-21-12)13(18)19)14(20)15-6-5-10(7-15)9(2)17/h9-12,17H,3-8H2,1-2H3,(H,18,19). The van der Waals surface area contributed by atoms with Crippen LogP contribution in [0.2, 0.25) is 0 Å². The number of carbonyl (C=O) groups excluding carboxylic acids is 1. The predicted molar refractivity (Wildman–Crippen MR) is 81.2 cm³/mol. The number of carbonyl (C=O) groups is 2. The second kappa shape index (κ2) is 6.87. The third-order valence-electron chi connectivity index (χ3n) is 4.31. The lowest BCUT2D eigenvalue weighted by atomic mass is 10.0. The number of thioether (sulfide) groups is 1. The van der Waals surface area contributed by atoms with Crippen LogP contribution in [0.4, 0.5) is 4.79 Å². The molecule has 2 N–H and O–H groups in total. The Balaban J connectivity index is 2.08. The normalized spacial score (nSPS) is 30.7. The van der Waals surface area contributed by atoms with Crippen LogP contribution in [0.5, 0.6) is 0 Å². The summed E-state index contributed by atoms with van der Waals surface area (Å²) in [5.74, 6) is -0.378. The van der Waals surface area contributed by atoms with E-state index in [2.05, 4.69) is 0 Å². The fourth-order valence-corrected chi connectivity index (χ4v) is 4.51. The molecular weight excluding hydrogens is 292 g/mol. The number of likely N-dealkylation sites (tertiary alicyclic amines) is 1. The Hall–Kier alpha value is -0.950. The summed E-state index contributed by atoms with van der Waals surface area (Å²) in [4.78, 5) is 27.3. The molecule has 6 nitrogen and oxygen atoms in total. The zero-order valence-electron chi connectivity index (χ0n) is 12.6. The highest BCUT2D eigenvalue weighted by atomic mass is 32.2. The number of carboxylic acid groups (broad SMARTS) is 1. The number of aliphatic hydroxyl groups excluding tert-OH is 1. The van der Waals surface area contributed by atoms with Gasteiger partial charge in [0.05, 0.1) is 11.5 Å². The molecule has 120 valence electrons. The average molecular weight is 316 g/mol. The van der Waals surface area contributed by atoms with Crippen molar-refractivity contribution < 1.29 is 19.8 Å². The Bertz CT molecular complexity index is 404. The first-order valence-corrected chi connectivity index (χ1v) is 8.60. The number of aliphatic carboxylic acids is 1. The highest BCUT2D eigenvalue weighted by Crippen LogP contribution is 2.34. The summed E-state index contributed by atoms with van der Waals surface area (Å²) in [7, 11) is 0. The van der Waals surface area contributed by atoms with Gasteiger partial charge >= 0.3 is 12.0 Å². The fourth-order valence-electron chi connectivity index (χ4n) is 3.00. The maximum atomic E-state index is 12.7. The van der Waals surface area contributed by atoms with Gasteiger partial charge < -0.3 is 15.1 Å². The third kappa shape index (κ3) is 3.45. The van der Waals surface area contributed by atoms with E-state index >= 15 is 0 Å². The molecule has 0 bridgehead atoms. The fraction of sp³-hybridized carbons (Fsp3) is 0.857. The predicted octanol–water partition coefficient (Wildman–Crippen LogP) is 1.44. The van der Waals surface area contributed by atoms with E-state index in [-0.39, 0.29) is 17.3 Å². The number of nitrogens with zero attached hydrogens (tertiary/aromatic N) is 2. The molecule has 2 heterocycles. The Morgan fingerprint density at radius 1 is 1.43 bits per heavy atom. The molecule has 0 radical (unpaired) electrons. The van der Waals surface area contributed by atoms with Crippen molar-refractivity contribution in [2.75, 3.05) is 18.8 Å².